The zero-order chi connectivity index (χ0) is 16.3. The highest BCUT2D eigenvalue weighted by Gasteiger charge is 2.29. The average molecular weight is 330 g/mol. The first-order valence-electron chi connectivity index (χ1n) is 8.09. The molecule has 1 fully saturated rings. The Morgan fingerprint density at radius 3 is 2.83 bits per heavy atom. The van der Waals surface area contributed by atoms with Gasteiger partial charge in [0.05, 0.1) is 5.60 Å². The number of rotatable bonds is 4. The second kappa shape index (κ2) is 6.81. The zero-order valence-electron chi connectivity index (χ0n) is 13.3. The number of aryl methyl sites for hydroxylation is 1. The molecule has 1 aliphatic rings. The summed E-state index contributed by atoms with van der Waals surface area (Å²) in [5.74, 6) is -0.140. The van der Waals surface area contributed by atoms with Gasteiger partial charge in [0.2, 0.25) is 0 Å². The molecule has 122 valence electrons. The standard InChI is InChI=1S/C18H22N2O2S/c1-13-11-23-17(20-13)15-7-5-6-14(10-15)16(21)19-12-18(22)8-3-2-4-9-18/h5-7,10-11,22H,2-4,8-9,12H2,1H3,(H,19,21). The van der Waals surface area contributed by atoms with E-state index in [0.29, 0.717) is 12.1 Å². The number of benzene rings is 1. The summed E-state index contributed by atoms with van der Waals surface area (Å²) in [5, 5.41) is 16.3. The SMILES string of the molecule is Cc1csc(-c2cccc(C(=O)NCC3(O)CCCCC3)c2)n1. The Labute approximate surface area is 140 Å². The van der Waals surface area contributed by atoms with Crippen LogP contribution in [-0.4, -0.2) is 28.1 Å². The summed E-state index contributed by atoms with van der Waals surface area (Å²) in [4.78, 5) is 16.8. The highest BCUT2D eigenvalue weighted by molar-refractivity contribution is 7.13. The van der Waals surface area contributed by atoms with Gasteiger partial charge in [0, 0.05) is 28.7 Å². The highest BCUT2D eigenvalue weighted by Crippen LogP contribution is 2.27. The van der Waals surface area contributed by atoms with E-state index in [-0.39, 0.29) is 5.91 Å². The number of nitrogens with zero attached hydrogens (tertiary/aromatic N) is 1. The lowest BCUT2D eigenvalue weighted by molar-refractivity contribution is 0.00526. The van der Waals surface area contributed by atoms with Crippen molar-refractivity contribution < 1.29 is 9.90 Å². The zero-order valence-corrected chi connectivity index (χ0v) is 14.2. The monoisotopic (exact) mass is 330 g/mol. The highest BCUT2D eigenvalue weighted by atomic mass is 32.1. The number of hydrogen-bond donors (Lipinski definition) is 2. The van der Waals surface area contributed by atoms with E-state index < -0.39 is 5.60 Å². The van der Waals surface area contributed by atoms with Gasteiger partial charge in [0.1, 0.15) is 5.01 Å². The fourth-order valence-corrected chi connectivity index (χ4v) is 3.81. The summed E-state index contributed by atoms with van der Waals surface area (Å²) < 4.78 is 0. The van der Waals surface area contributed by atoms with E-state index in [2.05, 4.69) is 10.3 Å². The van der Waals surface area contributed by atoms with E-state index in [9.17, 15) is 9.90 Å². The summed E-state index contributed by atoms with van der Waals surface area (Å²) in [6, 6.07) is 7.49. The number of aliphatic hydroxyl groups is 1. The molecule has 1 amide bonds. The van der Waals surface area contributed by atoms with Gasteiger partial charge in [-0.15, -0.1) is 11.3 Å². The van der Waals surface area contributed by atoms with Gasteiger partial charge in [-0.05, 0) is 31.9 Å². The molecule has 1 heterocycles. The second-order valence-electron chi connectivity index (χ2n) is 6.34. The minimum atomic E-state index is -0.738. The van der Waals surface area contributed by atoms with E-state index >= 15 is 0 Å². The van der Waals surface area contributed by atoms with E-state index in [4.69, 9.17) is 0 Å². The summed E-state index contributed by atoms with van der Waals surface area (Å²) in [7, 11) is 0. The molecule has 1 saturated carbocycles. The molecule has 5 heteroatoms. The molecule has 1 aromatic carbocycles. The quantitative estimate of drug-likeness (QED) is 0.901. The third-order valence-corrected chi connectivity index (χ3v) is 5.36. The van der Waals surface area contributed by atoms with Crippen LogP contribution >= 0.6 is 11.3 Å². The first-order chi connectivity index (χ1) is 11.1. The van der Waals surface area contributed by atoms with Gasteiger partial charge in [0.25, 0.3) is 5.91 Å². The summed E-state index contributed by atoms with van der Waals surface area (Å²) in [6.45, 7) is 2.29. The Hall–Kier alpha value is -1.72. The lowest BCUT2D eigenvalue weighted by Crippen LogP contribution is -2.44. The third kappa shape index (κ3) is 3.98. The fraction of sp³-hybridized carbons (Fsp3) is 0.444. The van der Waals surface area contributed by atoms with Crippen LogP contribution in [0.3, 0.4) is 0 Å². The van der Waals surface area contributed by atoms with Gasteiger partial charge in [-0.25, -0.2) is 4.98 Å². The van der Waals surface area contributed by atoms with Gasteiger partial charge in [-0.3, -0.25) is 4.79 Å². The van der Waals surface area contributed by atoms with Crippen molar-refractivity contribution in [2.24, 2.45) is 0 Å². The van der Waals surface area contributed by atoms with Gasteiger partial charge in [-0.1, -0.05) is 31.4 Å². The van der Waals surface area contributed by atoms with E-state index in [1.807, 2.05) is 30.5 Å². The van der Waals surface area contributed by atoms with Crippen molar-refractivity contribution in [3.8, 4) is 10.6 Å². The Bertz CT molecular complexity index is 690. The van der Waals surface area contributed by atoms with Gasteiger partial charge in [-0.2, -0.15) is 0 Å². The molecule has 2 N–H and O–H groups in total. The van der Waals surface area contributed by atoms with Crippen molar-refractivity contribution >= 4 is 17.2 Å². The molecule has 4 nitrogen and oxygen atoms in total. The lowest BCUT2D eigenvalue weighted by atomic mass is 9.85. The van der Waals surface area contributed by atoms with Gasteiger partial charge < -0.3 is 10.4 Å². The molecule has 0 bridgehead atoms. The van der Waals surface area contributed by atoms with Crippen LogP contribution in [0.25, 0.3) is 10.6 Å². The van der Waals surface area contributed by atoms with Crippen LogP contribution in [0.5, 0.6) is 0 Å². The maximum Gasteiger partial charge on any atom is 0.251 e. The Kier molecular flexibility index (Phi) is 4.78. The maximum absolute atomic E-state index is 12.4. The topological polar surface area (TPSA) is 62.2 Å². The van der Waals surface area contributed by atoms with Crippen LogP contribution in [0.15, 0.2) is 29.6 Å². The summed E-state index contributed by atoms with van der Waals surface area (Å²) in [6.07, 6.45) is 4.78. The van der Waals surface area contributed by atoms with E-state index in [1.165, 1.54) is 6.42 Å². The Balaban J connectivity index is 1.68. The fourth-order valence-electron chi connectivity index (χ4n) is 3.01. The molecule has 0 radical (unpaired) electrons. The van der Waals surface area contributed by atoms with Crippen molar-refractivity contribution in [3.63, 3.8) is 0 Å². The number of amides is 1. The summed E-state index contributed by atoms with van der Waals surface area (Å²) >= 11 is 1.58. The van der Waals surface area contributed by atoms with Crippen LogP contribution in [0.2, 0.25) is 0 Å². The second-order valence-corrected chi connectivity index (χ2v) is 7.20. The van der Waals surface area contributed by atoms with Crippen molar-refractivity contribution in [2.75, 3.05) is 6.54 Å². The third-order valence-electron chi connectivity index (χ3n) is 4.35. The first kappa shape index (κ1) is 16.1. The largest absolute Gasteiger partial charge is 0.388 e. The van der Waals surface area contributed by atoms with E-state index in [0.717, 1.165) is 41.9 Å². The molecule has 1 aromatic heterocycles. The van der Waals surface area contributed by atoms with Crippen molar-refractivity contribution in [2.45, 2.75) is 44.6 Å². The molecule has 0 saturated heterocycles. The summed E-state index contributed by atoms with van der Waals surface area (Å²) in [5.41, 5.74) is 1.80. The number of aromatic nitrogens is 1. The van der Waals surface area contributed by atoms with Crippen LogP contribution in [0.4, 0.5) is 0 Å². The molecule has 23 heavy (non-hydrogen) atoms. The predicted molar refractivity (Wildman–Crippen MR) is 92.7 cm³/mol. The predicted octanol–water partition coefficient (Wildman–Crippen LogP) is 3.54. The number of carbonyl (C=O) groups excluding carboxylic acids is 1. The Morgan fingerprint density at radius 1 is 1.35 bits per heavy atom. The van der Waals surface area contributed by atoms with Crippen molar-refractivity contribution in [1.29, 1.82) is 0 Å². The van der Waals surface area contributed by atoms with E-state index in [1.54, 1.807) is 17.4 Å². The lowest BCUT2D eigenvalue weighted by Gasteiger charge is -2.32. The number of hydrogen-bond acceptors (Lipinski definition) is 4. The van der Waals surface area contributed by atoms with Crippen LogP contribution in [0, 0.1) is 6.92 Å². The molecule has 1 aliphatic carbocycles. The normalized spacial score (nSPS) is 17.0. The molecule has 2 aromatic rings. The Morgan fingerprint density at radius 2 is 2.13 bits per heavy atom. The van der Waals surface area contributed by atoms with Crippen LogP contribution in [0.1, 0.15) is 48.2 Å². The van der Waals surface area contributed by atoms with Gasteiger partial charge >= 0.3 is 0 Å². The first-order valence-corrected chi connectivity index (χ1v) is 8.97. The minimum Gasteiger partial charge on any atom is -0.388 e. The number of nitrogens with one attached hydrogen (secondary N) is 1. The number of thiazole rings is 1. The van der Waals surface area contributed by atoms with Crippen LogP contribution in [-0.2, 0) is 0 Å². The molecule has 0 atom stereocenters. The smallest absolute Gasteiger partial charge is 0.251 e. The van der Waals surface area contributed by atoms with Crippen molar-refractivity contribution in [1.82, 2.24) is 10.3 Å². The average Bonchev–Trinajstić information content (AvgIpc) is 3.00. The molecule has 0 aliphatic heterocycles. The molecule has 0 spiro atoms. The van der Waals surface area contributed by atoms with Gasteiger partial charge in [0.15, 0.2) is 0 Å². The minimum absolute atomic E-state index is 0.140. The maximum atomic E-state index is 12.4. The number of carbonyl (C=O) groups is 1. The molecular weight excluding hydrogens is 308 g/mol. The molecule has 0 unspecified atom stereocenters. The van der Waals surface area contributed by atoms with Crippen molar-refractivity contribution in [3.05, 3.63) is 40.9 Å². The molecule has 3 rings (SSSR count). The molecular formula is C18H22N2O2S. The van der Waals surface area contributed by atoms with Crippen LogP contribution < -0.4 is 5.32 Å².